The topological polar surface area (TPSA) is 39.1 Å². The zero-order valence-electron chi connectivity index (χ0n) is 12.4. The van der Waals surface area contributed by atoms with Crippen LogP contribution in [0.1, 0.15) is 23.7 Å². The van der Waals surface area contributed by atoms with E-state index in [1.807, 2.05) is 13.8 Å². The molecule has 1 heterocycles. The fourth-order valence-corrected chi connectivity index (χ4v) is 2.30. The van der Waals surface area contributed by atoms with Gasteiger partial charge in [0.15, 0.2) is 0 Å². The van der Waals surface area contributed by atoms with Crippen LogP contribution in [-0.2, 0) is 20.2 Å². The molecule has 0 aliphatic rings. The maximum atomic E-state index is 13.4. The van der Waals surface area contributed by atoms with Crippen LogP contribution in [0.3, 0.4) is 0 Å². The molecular formula is C15H19ClFN3O. The van der Waals surface area contributed by atoms with Gasteiger partial charge in [-0.25, -0.2) is 4.39 Å². The summed E-state index contributed by atoms with van der Waals surface area (Å²) in [7, 11) is 1.79. The van der Waals surface area contributed by atoms with E-state index in [2.05, 4.69) is 10.4 Å². The molecule has 4 nitrogen and oxygen atoms in total. The highest BCUT2D eigenvalue weighted by Crippen LogP contribution is 2.24. The van der Waals surface area contributed by atoms with Gasteiger partial charge in [-0.15, -0.1) is 0 Å². The van der Waals surface area contributed by atoms with E-state index < -0.39 is 0 Å². The lowest BCUT2D eigenvalue weighted by molar-refractivity contribution is 0.301. The third kappa shape index (κ3) is 3.74. The van der Waals surface area contributed by atoms with Crippen molar-refractivity contribution in [3.63, 3.8) is 0 Å². The van der Waals surface area contributed by atoms with E-state index in [4.69, 9.17) is 16.3 Å². The molecule has 2 rings (SSSR count). The van der Waals surface area contributed by atoms with Crippen molar-refractivity contribution in [2.24, 2.45) is 7.05 Å². The van der Waals surface area contributed by atoms with Crippen molar-refractivity contribution in [2.75, 3.05) is 6.54 Å². The first-order chi connectivity index (χ1) is 10.0. The lowest BCUT2D eigenvalue weighted by Gasteiger charge is -2.12. The summed E-state index contributed by atoms with van der Waals surface area (Å²) in [6.07, 6.45) is 0. The highest BCUT2D eigenvalue weighted by Gasteiger charge is 2.13. The molecule has 0 unspecified atom stereocenters. The SMILES string of the molecule is CCNCc1cc(F)ccc1OCc1c(C)nn(C)c1Cl. The summed E-state index contributed by atoms with van der Waals surface area (Å²) in [5.41, 5.74) is 2.46. The van der Waals surface area contributed by atoms with E-state index in [0.717, 1.165) is 23.4 Å². The van der Waals surface area contributed by atoms with Crippen molar-refractivity contribution in [3.05, 3.63) is 46.0 Å². The van der Waals surface area contributed by atoms with Gasteiger partial charge in [0.05, 0.1) is 5.69 Å². The molecule has 0 saturated carbocycles. The van der Waals surface area contributed by atoms with Crippen LogP contribution in [0.4, 0.5) is 4.39 Å². The second kappa shape index (κ2) is 6.91. The Morgan fingerprint density at radius 1 is 1.43 bits per heavy atom. The fourth-order valence-electron chi connectivity index (χ4n) is 2.07. The van der Waals surface area contributed by atoms with E-state index >= 15 is 0 Å². The monoisotopic (exact) mass is 311 g/mol. The summed E-state index contributed by atoms with van der Waals surface area (Å²) in [5, 5.41) is 7.97. The Balaban J connectivity index is 2.15. The van der Waals surface area contributed by atoms with Gasteiger partial charge in [0.25, 0.3) is 0 Å². The minimum Gasteiger partial charge on any atom is -0.488 e. The average molecular weight is 312 g/mol. The highest BCUT2D eigenvalue weighted by molar-refractivity contribution is 6.30. The summed E-state index contributed by atoms with van der Waals surface area (Å²) < 4.78 is 20.8. The van der Waals surface area contributed by atoms with Crippen LogP contribution in [0.15, 0.2) is 18.2 Å². The molecule has 0 amide bonds. The van der Waals surface area contributed by atoms with Crippen LogP contribution < -0.4 is 10.1 Å². The van der Waals surface area contributed by atoms with Gasteiger partial charge in [0.1, 0.15) is 23.3 Å². The van der Waals surface area contributed by atoms with Crippen LogP contribution >= 0.6 is 11.6 Å². The van der Waals surface area contributed by atoms with Gasteiger partial charge in [-0.1, -0.05) is 18.5 Å². The number of aryl methyl sites for hydroxylation is 2. The predicted molar refractivity (Wildman–Crippen MR) is 81.1 cm³/mol. The third-order valence-corrected chi connectivity index (χ3v) is 3.70. The van der Waals surface area contributed by atoms with Gasteiger partial charge in [-0.05, 0) is 31.7 Å². The third-order valence-electron chi connectivity index (χ3n) is 3.23. The van der Waals surface area contributed by atoms with Gasteiger partial charge in [0.2, 0.25) is 0 Å². The molecule has 114 valence electrons. The van der Waals surface area contributed by atoms with Crippen LogP contribution in [-0.4, -0.2) is 16.3 Å². The minimum atomic E-state index is -0.272. The molecule has 0 bridgehead atoms. The van der Waals surface area contributed by atoms with Gasteiger partial charge in [-0.3, -0.25) is 4.68 Å². The lowest BCUT2D eigenvalue weighted by atomic mass is 10.2. The Morgan fingerprint density at radius 3 is 2.81 bits per heavy atom. The number of halogens is 2. The molecule has 0 fully saturated rings. The standard InChI is InChI=1S/C15H19ClFN3O/c1-4-18-8-11-7-12(17)5-6-14(11)21-9-13-10(2)19-20(3)15(13)16/h5-7,18H,4,8-9H2,1-3H3. The van der Waals surface area contributed by atoms with E-state index in [-0.39, 0.29) is 5.82 Å². The number of hydrogen-bond acceptors (Lipinski definition) is 3. The number of hydrogen-bond donors (Lipinski definition) is 1. The molecule has 0 spiro atoms. The number of nitrogens with zero attached hydrogens (tertiary/aromatic N) is 2. The molecule has 6 heteroatoms. The molecule has 2 aromatic rings. The zero-order valence-corrected chi connectivity index (χ0v) is 13.2. The molecule has 1 N–H and O–H groups in total. The molecule has 0 atom stereocenters. The van der Waals surface area contributed by atoms with Gasteiger partial charge in [0, 0.05) is 24.7 Å². The van der Waals surface area contributed by atoms with Crippen LogP contribution in [0.25, 0.3) is 0 Å². The zero-order chi connectivity index (χ0) is 15.4. The predicted octanol–water partition coefficient (Wildman–Crippen LogP) is 3.21. The highest BCUT2D eigenvalue weighted by atomic mass is 35.5. The maximum absolute atomic E-state index is 13.4. The van der Waals surface area contributed by atoms with Crippen LogP contribution in [0.2, 0.25) is 5.15 Å². The lowest BCUT2D eigenvalue weighted by Crippen LogP contribution is -2.13. The van der Waals surface area contributed by atoms with Crippen molar-refractivity contribution in [1.82, 2.24) is 15.1 Å². The molecule has 0 aliphatic heterocycles. The molecule has 21 heavy (non-hydrogen) atoms. The van der Waals surface area contributed by atoms with Crippen molar-refractivity contribution in [3.8, 4) is 5.75 Å². The molecule has 1 aromatic carbocycles. The normalized spacial score (nSPS) is 10.9. The molecule has 1 aromatic heterocycles. The van der Waals surface area contributed by atoms with E-state index in [9.17, 15) is 4.39 Å². The second-order valence-electron chi connectivity index (χ2n) is 4.80. The van der Waals surface area contributed by atoms with Crippen molar-refractivity contribution in [1.29, 1.82) is 0 Å². The average Bonchev–Trinajstić information content (AvgIpc) is 2.69. The first kappa shape index (κ1) is 15.8. The second-order valence-corrected chi connectivity index (χ2v) is 5.16. The largest absolute Gasteiger partial charge is 0.488 e. The smallest absolute Gasteiger partial charge is 0.133 e. The quantitative estimate of drug-likeness (QED) is 0.890. The molecular weight excluding hydrogens is 293 g/mol. The molecule has 0 aliphatic carbocycles. The van der Waals surface area contributed by atoms with Crippen molar-refractivity contribution >= 4 is 11.6 Å². The van der Waals surface area contributed by atoms with Crippen LogP contribution in [0.5, 0.6) is 5.75 Å². The Morgan fingerprint density at radius 2 is 2.19 bits per heavy atom. The number of rotatable bonds is 6. The first-order valence-electron chi connectivity index (χ1n) is 6.82. The number of aromatic nitrogens is 2. The minimum absolute atomic E-state index is 0.272. The summed E-state index contributed by atoms with van der Waals surface area (Å²) in [6.45, 7) is 5.56. The van der Waals surface area contributed by atoms with Crippen molar-refractivity contribution in [2.45, 2.75) is 27.0 Å². The van der Waals surface area contributed by atoms with E-state index in [0.29, 0.717) is 24.1 Å². The van der Waals surface area contributed by atoms with Crippen molar-refractivity contribution < 1.29 is 9.13 Å². The summed E-state index contributed by atoms with van der Waals surface area (Å²) in [6, 6.07) is 4.51. The van der Waals surface area contributed by atoms with E-state index in [1.54, 1.807) is 17.8 Å². The van der Waals surface area contributed by atoms with Gasteiger partial charge in [-0.2, -0.15) is 5.10 Å². The first-order valence-corrected chi connectivity index (χ1v) is 7.20. The fraction of sp³-hybridized carbons (Fsp3) is 0.400. The number of benzene rings is 1. The van der Waals surface area contributed by atoms with Crippen LogP contribution in [0, 0.1) is 12.7 Å². The Hall–Kier alpha value is -1.59. The number of ether oxygens (including phenoxy) is 1. The summed E-state index contributed by atoms with van der Waals surface area (Å²) >= 11 is 6.18. The summed E-state index contributed by atoms with van der Waals surface area (Å²) in [4.78, 5) is 0. The number of nitrogens with one attached hydrogen (secondary N) is 1. The molecule has 0 saturated heterocycles. The van der Waals surface area contributed by atoms with E-state index in [1.165, 1.54) is 12.1 Å². The molecule has 0 radical (unpaired) electrons. The van der Waals surface area contributed by atoms with Gasteiger partial charge >= 0.3 is 0 Å². The Kier molecular flexibility index (Phi) is 5.20. The maximum Gasteiger partial charge on any atom is 0.133 e. The van der Waals surface area contributed by atoms with Gasteiger partial charge < -0.3 is 10.1 Å². The summed E-state index contributed by atoms with van der Waals surface area (Å²) in [5.74, 6) is 0.377. The Bertz CT molecular complexity index is 628. The Labute approximate surface area is 128 Å².